The molecule has 1 aromatic heterocycles. The average Bonchev–Trinajstić information content (AvgIpc) is 2.58. The smallest absolute Gasteiger partial charge is 0.0945 e. The zero-order chi connectivity index (χ0) is 10.4. The summed E-state index contributed by atoms with van der Waals surface area (Å²) in [4.78, 5) is 4.08. The molecule has 3 nitrogen and oxygen atoms in total. The van der Waals surface area contributed by atoms with Gasteiger partial charge in [-0.25, -0.2) is 4.98 Å². The van der Waals surface area contributed by atoms with E-state index in [-0.39, 0.29) is 0 Å². The van der Waals surface area contributed by atoms with E-state index in [4.69, 9.17) is 0 Å². The number of hydrogen-bond acceptors (Lipinski definition) is 2. The fourth-order valence-corrected chi connectivity index (χ4v) is 1.45. The Morgan fingerprint density at radius 1 is 1.57 bits per heavy atom. The van der Waals surface area contributed by atoms with Crippen LogP contribution in [0.4, 0.5) is 0 Å². The summed E-state index contributed by atoms with van der Waals surface area (Å²) in [7, 11) is 2.03. The SMILES string of the molecule is CCCCC(C)NCc1cncn1C. The van der Waals surface area contributed by atoms with Crippen LogP contribution in [0.15, 0.2) is 12.5 Å². The first-order chi connectivity index (χ1) is 6.74. The lowest BCUT2D eigenvalue weighted by Crippen LogP contribution is -2.26. The first-order valence-electron chi connectivity index (χ1n) is 5.42. The maximum absolute atomic E-state index is 4.08. The quantitative estimate of drug-likeness (QED) is 0.753. The molecule has 0 aromatic carbocycles. The number of aryl methyl sites for hydroxylation is 1. The standard InChI is InChI=1S/C11H21N3/c1-4-5-6-10(2)13-8-11-7-12-9-14(11)3/h7,9-10,13H,4-6,8H2,1-3H3. The van der Waals surface area contributed by atoms with E-state index in [1.165, 1.54) is 25.0 Å². The van der Waals surface area contributed by atoms with E-state index in [1.807, 2.05) is 19.6 Å². The van der Waals surface area contributed by atoms with Crippen molar-refractivity contribution in [3.63, 3.8) is 0 Å². The van der Waals surface area contributed by atoms with Gasteiger partial charge in [0.15, 0.2) is 0 Å². The van der Waals surface area contributed by atoms with E-state index in [0.717, 1.165) is 6.54 Å². The van der Waals surface area contributed by atoms with Crippen LogP contribution in [0.25, 0.3) is 0 Å². The Labute approximate surface area is 86.5 Å². The second-order valence-corrected chi connectivity index (χ2v) is 3.92. The molecular formula is C11H21N3. The fourth-order valence-electron chi connectivity index (χ4n) is 1.45. The summed E-state index contributed by atoms with van der Waals surface area (Å²) in [6.45, 7) is 5.39. The van der Waals surface area contributed by atoms with Gasteiger partial charge >= 0.3 is 0 Å². The molecule has 0 aliphatic carbocycles. The van der Waals surface area contributed by atoms with Gasteiger partial charge in [-0.2, -0.15) is 0 Å². The Morgan fingerprint density at radius 2 is 2.36 bits per heavy atom. The topological polar surface area (TPSA) is 29.9 Å². The Hall–Kier alpha value is -0.830. The van der Waals surface area contributed by atoms with E-state index in [1.54, 1.807) is 0 Å². The van der Waals surface area contributed by atoms with Crippen molar-refractivity contribution < 1.29 is 0 Å². The molecule has 0 bridgehead atoms. The van der Waals surface area contributed by atoms with Gasteiger partial charge in [0.25, 0.3) is 0 Å². The van der Waals surface area contributed by atoms with Gasteiger partial charge in [-0.05, 0) is 13.3 Å². The minimum atomic E-state index is 0.602. The third kappa shape index (κ3) is 3.50. The highest BCUT2D eigenvalue weighted by Crippen LogP contribution is 2.01. The van der Waals surface area contributed by atoms with Crippen LogP contribution in [0, 0.1) is 0 Å². The number of hydrogen-bond donors (Lipinski definition) is 1. The third-order valence-electron chi connectivity index (χ3n) is 2.54. The van der Waals surface area contributed by atoms with Crippen molar-refractivity contribution in [2.75, 3.05) is 0 Å². The van der Waals surface area contributed by atoms with Crippen LogP contribution < -0.4 is 5.32 Å². The second-order valence-electron chi connectivity index (χ2n) is 3.92. The van der Waals surface area contributed by atoms with Crippen LogP contribution in [0.5, 0.6) is 0 Å². The first kappa shape index (κ1) is 11.2. The van der Waals surface area contributed by atoms with Gasteiger partial charge in [-0.15, -0.1) is 0 Å². The number of nitrogens with one attached hydrogen (secondary N) is 1. The predicted molar refractivity (Wildman–Crippen MR) is 59.0 cm³/mol. The van der Waals surface area contributed by atoms with Crippen LogP contribution in [0.2, 0.25) is 0 Å². The normalized spacial score (nSPS) is 13.1. The van der Waals surface area contributed by atoms with Crippen molar-refractivity contribution in [2.45, 2.75) is 45.7 Å². The van der Waals surface area contributed by atoms with E-state index in [2.05, 4.69) is 28.7 Å². The van der Waals surface area contributed by atoms with Gasteiger partial charge in [-0.3, -0.25) is 0 Å². The highest BCUT2D eigenvalue weighted by Gasteiger charge is 2.02. The summed E-state index contributed by atoms with van der Waals surface area (Å²) >= 11 is 0. The number of rotatable bonds is 6. The monoisotopic (exact) mass is 195 g/mol. The summed E-state index contributed by atoms with van der Waals surface area (Å²) in [5.41, 5.74) is 1.24. The molecule has 0 saturated carbocycles. The van der Waals surface area contributed by atoms with Gasteiger partial charge in [0.05, 0.1) is 12.0 Å². The fraction of sp³-hybridized carbons (Fsp3) is 0.727. The largest absolute Gasteiger partial charge is 0.337 e. The lowest BCUT2D eigenvalue weighted by atomic mass is 10.1. The molecule has 1 aromatic rings. The van der Waals surface area contributed by atoms with Crippen molar-refractivity contribution in [3.05, 3.63) is 18.2 Å². The van der Waals surface area contributed by atoms with E-state index < -0.39 is 0 Å². The molecule has 1 atom stereocenters. The summed E-state index contributed by atoms with van der Waals surface area (Å²) in [5, 5.41) is 3.50. The lowest BCUT2D eigenvalue weighted by molar-refractivity contribution is 0.487. The summed E-state index contributed by atoms with van der Waals surface area (Å²) in [6, 6.07) is 0.602. The molecule has 0 aliphatic rings. The van der Waals surface area contributed by atoms with Crippen LogP contribution in [0.3, 0.4) is 0 Å². The molecule has 1 unspecified atom stereocenters. The summed E-state index contributed by atoms with van der Waals surface area (Å²) < 4.78 is 2.06. The molecule has 3 heteroatoms. The highest BCUT2D eigenvalue weighted by atomic mass is 15.0. The first-order valence-corrected chi connectivity index (χ1v) is 5.42. The molecule has 80 valence electrons. The molecule has 0 fully saturated rings. The van der Waals surface area contributed by atoms with Crippen molar-refractivity contribution in [1.29, 1.82) is 0 Å². The molecule has 1 N–H and O–H groups in total. The van der Waals surface area contributed by atoms with Crippen molar-refractivity contribution in [2.24, 2.45) is 7.05 Å². The van der Waals surface area contributed by atoms with Crippen molar-refractivity contribution in [3.8, 4) is 0 Å². The number of unbranched alkanes of at least 4 members (excludes halogenated alkanes) is 1. The third-order valence-corrected chi connectivity index (χ3v) is 2.54. The van der Waals surface area contributed by atoms with Crippen molar-refractivity contribution in [1.82, 2.24) is 14.9 Å². The van der Waals surface area contributed by atoms with Crippen LogP contribution in [0.1, 0.15) is 38.8 Å². The summed E-state index contributed by atoms with van der Waals surface area (Å²) in [5.74, 6) is 0. The maximum atomic E-state index is 4.08. The molecule has 0 saturated heterocycles. The number of nitrogens with zero attached hydrogens (tertiary/aromatic N) is 2. The molecule has 14 heavy (non-hydrogen) atoms. The van der Waals surface area contributed by atoms with E-state index >= 15 is 0 Å². The lowest BCUT2D eigenvalue weighted by Gasteiger charge is -2.13. The Balaban J connectivity index is 2.23. The molecule has 0 amide bonds. The summed E-state index contributed by atoms with van der Waals surface area (Å²) in [6.07, 6.45) is 7.60. The minimum absolute atomic E-state index is 0.602. The molecule has 1 heterocycles. The van der Waals surface area contributed by atoms with Crippen LogP contribution in [-0.4, -0.2) is 15.6 Å². The molecule has 1 rings (SSSR count). The molecular weight excluding hydrogens is 174 g/mol. The van der Waals surface area contributed by atoms with Gasteiger partial charge in [0.2, 0.25) is 0 Å². The van der Waals surface area contributed by atoms with Crippen molar-refractivity contribution >= 4 is 0 Å². The second kappa shape index (κ2) is 5.81. The Kier molecular flexibility index (Phi) is 4.66. The minimum Gasteiger partial charge on any atom is -0.337 e. The van der Waals surface area contributed by atoms with Gasteiger partial charge in [0.1, 0.15) is 0 Å². The molecule has 0 spiro atoms. The highest BCUT2D eigenvalue weighted by molar-refractivity contribution is 4.96. The van der Waals surface area contributed by atoms with Gasteiger partial charge in [-0.1, -0.05) is 19.8 Å². The number of imidazole rings is 1. The van der Waals surface area contributed by atoms with Gasteiger partial charge < -0.3 is 9.88 Å². The number of aromatic nitrogens is 2. The predicted octanol–water partition coefficient (Wildman–Crippen LogP) is 2.09. The van der Waals surface area contributed by atoms with Crippen LogP contribution >= 0.6 is 0 Å². The average molecular weight is 195 g/mol. The van der Waals surface area contributed by atoms with E-state index in [9.17, 15) is 0 Å². The molecule has 0 radical (unpaired) electrons. The maximum Gasteiger partial charge on any atom is 0.0945 e. The van der Waals surface area contributed by atoms with Crippen LogP contribution in [-0.2, 0) is 13.6 Å². The van der Waals surface area contributed by atoms with Gasteiger partial charge in [0, 0.05) is 25.8 Å². The van der Waals surface area contributed by atoms with E-state index in [0.29, 0.717) is 6.04 Å². The molecule has 0 aliphatic heterocycles. The zero-order valence-electron chi connectivity index (χ0n) is 9.45. The Bertz CT molecular complexity index is 255. The zero-order valence-corrected chi connectivity index (χ0v) is 9.45. The Morgan fingerprint density at radius 3 is 2.93 bits per heavy atom.